The topological polar surface area (TPSA) is 34.4 Å². The van der Waals surface area contributed by atoms with E-state index in [0.717, 1.165) is 23.6 Å². The number of hydrogen-bond donors (Lipinski definition) is 1. The molecule has 3 nitrogen and oxygen atoms in total. The van der Waals surface area contributed by atoms with Gasteiger partial charge in [-0.25, -0.2) is 0 Å². The number of para-hydroxylation sites is 1. The number of ether oxygens (including phenoxy) is 1. The number of rotatable bonds is 6. The van der Waals surface area contributed by atoms with Crippen LogP contribution in [-0.4, -0.2) is 22.9 Å². The van der Waals surface area contributed by atoms with Crippen LogP contribution in [0.15, 0.2) is 60.0 Å². The highest BCUT2D eigenvalue weighted by molar-refractivity contribution is 7.10. The number of aliphatic hydroxyl groups excluding tert-OH is 1. The molecule has 1 atom stereocenters. The van der Waals surface area contributed by atoms with Crippen LogP contribution < -0.4 is 0 Å². The molecule has 4 heteroatoms. The van der Waals surface area contributed by atoms with E-state index >= 15 is 0 Å². The molecule has 1 N–H and O–H groups in total. The van der Waals surface area contributed by atoms with E-state index in [0.29, 0.717) is 6.61 Å². The summed E-state index contributed by atoms with van der Waals surface area (Å²) >= 11 is 1.58. The van der Waals surface area contributed by atoms with Crippen molar-refractivity contribution in [1.82, 2.24) is 4.57 Å². The molecule has 0 fully saturated rings. The van der Waals surface area contributed by atoms with Gasteiger partial charge in [0, 0.05) is 39.8 Å². The number of nitrogens with zero attached hydrogens (tertiary/aromatic N) is 1. The summed E-state index contributed by atoms with van der Waals surface area (Å²) in [6.07, 6.45) is -0.574. The lowest BCUT2D eigenvalue weighted by Crippen LogP contribution is -2.05. The normalized spacial score (nSPS) is 12.9. The second kappa shape index (κ2) is 7.00. The molecule has 0 saturated heterocycles. The summed E-state index contributed by atoms with van der Waals surface area (Å²) in [7, 11) is 0. The van der Waals surface area contributed by atoms with Crippen LogP contribution in [0, 0.1) is 0 Å². The fourth-order valence-corrected chi connectivity index (χ4v) is 4.13. The number of aliphatic hydroxyl groups is 1. The van der Waals surface area contributed by atoms with Gasteiger partial charge in [-0.05, 0) is 42.1 Å². The summed E-state index contributed by atoms with van der Waals surface area (Å²) < 4.78 is 7.86. The molecule has 1 unspecified atom stereocenters. The van der Waals surface area contributed by atoms with Crippen LogP contribution >= 0.6 is 11.3 Å². The van der Waals surface area contributed by atoms with Crippen LogP contribution in [0.3, 0.4) is 0 Å². The molecule has 25 heavy (non-hydrogen) atoms. The molecule has 4 aromatic rings. The Labute approximate surface area is 151 Å². The second-order valence-corrected chi connectivity index (χ2v) is 7.04. The van der Waals surface area contributed by atoms with E-state index in [1.165, 1.54) is 21.8 Å². The molecule has 0 aliphatic heterocycles. The van der Waals surface area contributed by atoms with Crippen molar-refractivity contribution in [2.24, 2.45) is 0 Å². The van der Waals surface area contributed by atoms with E-state index in [9.17, 15) is 5.11 Å². The molecular formula is C21H21NO2S. The van der Waals surface area contributed by atoms with E-state index < -0.39 is 6.10 Å². The lowest BCUT2D eigenvalue weighted by atomic mass is 10.0. The molecule has 2 aromatic carbocycles. The van der Waals surface area contributed by atoms with Crippen LogP contribution in [0.1, 0.15) is 23.5 Å². The Kier molecular flexibility index (Phi) is 4.57. The van der Waals surface area contributed by atoms with Crippen LogP contribution in [0.2, 0.25) is 0 Å². The van der Waals surface area contributed by atoms with Gasteiger partial charge in [0.05, 0.1) is 6.61 Å². The first kappa shape index (κ1) is 16.3. The van der Waals surface area contributed by atoms with Crippen molar-refractivity contribution >= 4 is 33.1 Å². The maximum absolute atomic E-state index is 10.7. The SMILES string of the molecule is CCOCCn1c2ccccc2c2cc(C(O)c3cccs3)ccc21. The van der Waals surface area contributed by atoms with Crippen molar-refractivity contribution in [2.75, 3.05) is 13.2 Å². The van der Waals surface area contributed by atoms with E-state index in [1.54, 1.807) is 11.3 Å². The van der Waals surface area contributed by atoms with Gasteiger partial charge < -0.3 is 14.4 Å². The molecule has 0 bridgehead atoms. The highest BCUT2D eigenvalue weighted by Gasteiger charge is 2.15. The summed E-state index contributed by atoms with van der Waals surface area (Å²) in [6, 6.07) is 18.7. The fourth-order valence-electron chi connectivity index (χ4n) is 3.39. The third-order valence-corrected chi connectivity index (χ3v) is 5.51. The van der Waals surface area contributed by atoms with Gasteiger partial charge in [0.25, 0.3) is 0 Å². The minimum absolute atomic E-state index is 0.574. The van der Waals surface area contributed by atoms with Gasteiger partial charge in [0.2, 0.25) is 0 Å². The third-order valence-electron chi connectivity index (χ3n) is 4.59. The van der Waals surface area contributed by atoms with Gasteiger partial charge in [0.15, 0.2) is 0 Å². The smallest absolute Gasteiger partial charge is 0.113 e. The van der Waals surface area contributed by atoms with Crippen molar-refractivity contribution < 1.29 is 9.84 Å². The molecule has 0 spiro atoms. The lowest BCUT2D eigenvalue weighted by molar-refractivity contribution is 0.140. The molecule has 4 rings (SSSR count). The average molecular weight is 351 g/mol. The number of thiophene rings is 1. The van der Waals surface area contributed by atoms with Gasteiger partial charge in [-0.15, -0.1) is 11.3 Å². The van der Waals surface area contributed by atoms with E-state index in [-0.39, 0.29) is 0 Å². The Morgan fingerprint density at radius 2 is 1.88 bits per heavy atom. The van der Waals surface area contributed by atoms with E-state index in [4.69, 9.17) is 4.74 Å². The summed E-state index contributed by atoms with van der Waals surface area (Å²) in [4.78, 5) is 0.972. The predicted molar refractivity (Wildman–Crippen MR) is 104 cm³/mol. The van der Waals surface area contributed by atoms with E-state index in [2.05, 4.69) is 41.0 Å². The zero-order chi connectivity index (χ0) is 17.2. The first-order valence-corrected chi connectivity index (χ1v) is 9.47. The summed E-state index contributed by atoms with van der Waals surface area (Å²) in [6.45, 7) is 4.27. The molecule has 0 saturated carbocycles. The zero-order valence-electron chi connectivity index (χ0n) is 14.2. The summed E-state index contributed by atoms with van der Waals surface area (Å²) in [5.41, 5.74) is 3.32. The highest BCUT2D eigenvalue weighted by Crippen LogP contribution is 2.33. The molecule has 0 aliphatic carbocycles. The number of hydrogen-bond acceptors (Lipinski definition) is 3. The fraction of sp³-hybridized carbons (Fsp3) is 0.238. The van der Waals surface area contributed by atoms with Gasteiger partial charge in [0.1, 0.15) is 6.10 Å². The predicted octanol–water partition coefficient (Wildman–Crippen LogP) is 4.97. The third kappa shape index (κ3) is 2.97. The van der Waals surface area contributed by atoms with Crippen molar-refractivity contribution in [3.63, 3.8) is 0 Å². The quantitative estimate of drug-likeness (QED) is 0.498. The van der Waals surface area contributed by atoms with Crippen molar-refractivity contribution in [2.45, 2.75) is 19.6 Å². The van der Waals surface area contributed by atoms with Crippen LogP contribution in [0.25, 0.3) is 21.8 Å². The molecule has 0 radical (unpaired) electrons. The van der Waals surface area contributed by atoms with Crippen LogP contribution in [0.4, 0.5) is 0 Å². The Bertz CT molecular complexity index is 988. The Morgan fingerprint density at radius 1 is 1.04 bits per heavy atom. The number of benzene rings is 2. The monoisotopic (exact) mass is 351 g/mol. The molecule has 128 valence electrons. The van der Waals surface area contributed by atoms with Gasteiger partial charge in [-0.1, -0.05) is 30.3 Å². The number of aromatic nitrogens is 1. The maximum atomic E-state index is 10.7. The first-order valence-electron chi connectivity index (χ1n) is 8.59. The molecule has 2 heterocycles. The molecular weight excluding hydrogens is 330 g/mol. The molecule has 2 aromatic heterocycles. The van der Waals surface area contributed by atoms with Crippen LogP contribution in [-0.2, 0) is 11.3 Å². The lowest BCUT2D eigenvalue weighted by Gasteiger charge is -2.10. The summed E-state index contributed by atoms with van der Waals surface area (Å²) in [5.74, 6) is 0. The Balaban J connectivity index is 1.83. The second-order valence-electron chi connectivity index (χ2n) is 6.06. The summed E-state index contributed by atoms with van der Waals surface area (Å²) in [5, 5.41) is 15.1. The van der Waals surface area contributed by atoms with Crippen LogP contribution in [0.5, 0.6) is 0 Å². The first-order chi connectivity index (χ1) is 12.3. The minimum atomic E-state index is -0.574. The van der Waals surface area contributed by atoms with Crippen molar-refractivity contribution in [3.8, 4) is 0 Å². The standard InChI is InChI=1S/C21H21NO2S/c1-2-24-12-11-22-18-7-4-3-6-16(18)17-14-15(9-10-19(17)22)21(23)20-8-5-13-25-20/h3-10,13-14,21,23H,2,11-12H2,1H3. The minimum Gasteiger partial charge on any atom is -0.383 e. The Hall–Kier alpha value is -2.14. The maximum Gasteiger partial charge on any atom is 0.113 e. The zero-order valence-corrected chi connectivity index (χ0v) is 15.0. The van der Waals surface area contributed by atoms with Crippen molar-refractivity contribution in [3.05, 3.63) is 70.4 Å². The Morgan fingerprint density at radius 3 is 2.68 bits per heavy atom. The number of fused-ring (bicyclic) bond motifs is 3. The van der Waals surface area contributed by atoms with Gasteiger partial charge >= 0.3 is 0 Å². The van der Waals surface area contributed by atoms with Crippen molar-refractivity contribution in [1.29, 1.82) is 0 Å². The molecule has 0 amide bonds. The largest absolute Gasteiger partial charge is 0.383 e. The van der Waals surface area contributed by atoms with Gasteiger partial charge in [-0.3, -0.25) is 0 Å². The van der Waals surface area contributed by atoms with Gasteiger partial charge in [-0.2, -0.15) is 0 Å². The molecule has 0 aliphatic rings. The highest BCUT2D eigenvalue weighted by atomic mass is 32.1. The average Bonchev–Trinajstić information content (AvgIpc) is 3.28. The van der Waals surface area contributed by atoms with E-state index in [1.807, 2.05) is 30.5 Å².